The molecule has 0 aromatic heterocycles. The van der Waals surface area contributed by atoms with E-state index in [1.165, 1.54) is 0 Å². The molecule has 22 heavy (non-hydrogen) atoms. The number of rotatable bonds is 5. The maximum absolute atomic E-state index is 11.3. The van der Waals surface area contributed by atoms with Crippen LogP contribution in [0.5, 0.6) is 0 Å². The van der Waals surface area contributed by atoms with Gasteiger partial charge in [0.2, 0.25) is 0 Å². The van der Waals surface area contributed by atoms with Crippen molar-refractivity contribution in [3.05, 3.63) is 0 Å². The first kappa shape index (κ1) is 18.0. The predicted molar refractivity (Wildman–Crippen MR) is 70.8 cm³/mol. The highest BCUT2D eigenvalue weighted by Crippen LogP contribution is 2.25. The molecule has 0 bridgehead atoms. The SMILES string of the molecule is CS(=O)(=O)O[C@H]1COCO[C@H]1[C@H]1OCOC[C@H]1OS(C)(=O)=O. The van der Waals surface area contributed by atoms with E-state index >= 15 is 0 Å². The molecule has 0 aliphatic carbocycles. The Bertz CT molecular complexity index is 519. The summed E-state index contributed by atoms with van der Waals surface area (Å²) in [5.74, 6) is 0. The Kier molecular flexibility index (Phi) is 5.77. The third kappa shape index (κ3) is 5.38. The molecule has 2 saturated heterocycles. The minimum absolute atomic E-state index is 0.0376. The van der Waals surface area contributed by atoms with E-state index in [2.05, 4.69) is 0 Å². The van der Waals surface area contributed by atoms with E-state index in [1.807, 2.05) is 0 Å². The van der Waals surface area contributed by atoms with Gasteiger partial charge in [-0.25, -0.2) is 0 Å². The van der Waals surface area contributed by atoms with Crippen LogP contribution in [0, 0.1) is 0 Å². The van der Waals surface area contributed by atoms with Crippen LogP contribution in [0.3, 0.4) is 0 Å². The topological polar surface area (TPSA) is 124 Å². The molecule has 130 valence electrons. The Balaban J connectivity index is 2.16. The highest BCUT2D eigenvalue weighted by Gasteiger charge is 2.44. The van der Waals surface area contributed by atoms with Crippen LogP contribution in [0.15, 0.2) is 0 Å². The first-order valence-corrected chi connectivity index (χ1v) is 9.94. The third-order valence-electron chi connectivity index (χ3n) is 2.91. The van der Waals surface area contributed by atoms with Crippen LogP contribution in [-0.2, 0) is 47.5 Å². The molecule has 4 atom stereocenters. The summed E-state index contributed by atoms with van der Waals surface area (Å²) in [4.78, 5) is 0. The maximum atomic E-state index is 11.3. The van der Waals surface area contributed by atoms with Gasteiger partial charge in [-0.2, -0.15) is 16.8 Å². The molecule has 10 nitrogen and oxygen atoms in total. The zero-order chi connectivity index (χ0) is 16.4. The average Bonchev–Trinajstić information content (AvgIpc) is 2.36. The van der Waals surface area contributed by atoms with Crippen molar-refractivity contribution in [2.24, 2.45) is 0 Å². The lowest BCUT2D eigenvalue weighted by Crippen LogP contribution is -2.57. The molecule has 2 aliphatic heterocycles. The molecule has 0 amide bonds. The molecule has 2 rings (SSSR count). The molecule has 12 heteroatoms. The lowest BCUT2D eigenvalue weighted by atomic mass is 10.0. The van der Waals surface area contributed by atoms with Crippen molar-refractivity contribution in [2.45, 2.75) is 24.4 Å². The van der Waals surface area contributed by atoms with Crippen molar-refractivity contribution in [1.29, 1.82) is 0 Å². The fraction of sp³-hybridized carbons (Fsp3) is 1.00. The second-order valence-electron chi connectivity index (χ2n) is 4.92. The van der Waals surface area contributed by atoms with Gasteiger partial charge in [0.25, 0.3) is 20.2 Å². The normalized spacial score (nSPS) is 34.5. The van der Waals surface area contributed by atoms with Crippen molar-refractivity contribution >= 4 is 20.2 Å². The smallest absolute Gasteiger partial charge is 0.264 e. The van der Waals surface area contributed by atoms with Crippen molar-refractivity contribution in [3.63, 3.8) is 0 Å². The van der Waals surface area contributed by atoms with Crippen LogP contribution in [0.2, 0.25) is 0 Å². The highest BCUT2D eigenvalue weighted by atomic mass is 32.2. The Morgan fingerprint density at radius 2 is 1.14 bits per heavy atom. The molecule has 0 unspecified atom stereocenters. The lowest BCUT2D eigenvalue weighted by molar-refractivity contribution is -0.269. The summed E-state index contributed by atoms with van der Waals surface area (Å²) in [6.07, 6.45) is -1.91. The van der Waals surface area contributed by atoms with Gasteiger partial charge in [0, 0.05) is 0 Å². The average molecular weight is 362 g/mol. The maximum Gasteiger partial charge on any atom is 0.264 e. The van der Waals surface area contributed by atoms with E-state index in [9.17, 15) is 16.8 Å². The van der Waals surface area contributed by atoms with Crippen molar-refractivity contribution < 1.29 is 44.1 Å². The Morgan fingerprint density at radius 1 is 0.773 bits per heavy atom. The molecule has 2 fully saturated rings. The first-order chi connectivity index (χ1) is 10.2. The van der Waals surface area contributed by atoms with E-state index in [-0.39, 0.29) is 26.8 Å². The Hall–Kier alpha value is -0.340. The van der Waals surface area contributed by atoms with Gasteiger partial charge in [0.05, 0.1) is 25.7 Å². The van der Waals surface area contributed by atoms with Gasteiger partial charge < -0.3 is 18.9 Å². The fourth-order valence-corrected chi connectivity index (χ4v) is 3.44. The molecule has 0 saturated carbocycles. The van der Waals surface area contributed by atoms with Crippen LogP contribution < -0.4 is 0 Å². The van der Waals surface area contributed by atoms with E-state index in [1.54, 1.807) is 0 Å². The Morgan fingerprint density at radius 3 is 1.45 bits per heavy atom. The molecular formula is C10H18O10S2. The minimum Gasteiger partial charge on any atom is -0.353 e. The zero-order valence-electron chi connectivity index (χ0n) is 12.0. The molecule has 0 radical (unpaired) electrons. The van der Waals surface area contributed by atoms with Gasteiger partial charge >= 0.3 is 0 Å². The van der Waals surface area contributed by atoms with E-state index < -0.39 is 44.7 Å². The largest absolute Gasteiger partial charge is 0.353 e. The van der Waals surface area contributed by atoms with Crippen LogP contribution >= 0.6 is 0 Å². The van der Waals surface area contributed by atoms with Crippen LogP contribution in [-0.4, -0.2) is 80.6 Å². The van der Waals surface area contributed by atoms with Gasteiger partial charge in [-0.15, -0.1) is 0 Å². The zero-order valence-corrected chi connectivity index (χ0v) is 13.7. The Labute approximate surface area is 128 Å². The van der Waals surface area contributed by atoms with Gasteiger partial charge in [0.1, 0.15) is 38.0 Å². The standard InChI is InChI=1S/C10H18O10S2/c1-21(11,12)19-7-3-15-5-17-9(7)10-8(4-16-6-18-10)20-22(2,13)14/h7-10H,3-6H2,1-2H3/t7-,8+,9+,10-. The summed E-state index contributed by atoms with van der Waals surface area (Å²) in [6, 6.07) is 0. The summed E-state index contributed by atoms with van der Waals surface area (Å²) < 4.78 is 75.8. The predicted octanol–water partition coefficient (Wildman–Crippen LogP) is -1.58. The molecule has 0 N–H and O–H groups in total. The molecule has 0 spiro atoms. The minimum atomic E-state index is -3.75. The number of hydrogen-bond donors (Lipinski definition) is 0. The quantitative estimate of drug-likeness (QED) is 0.529. The van der Waals surface area contributed by atoms with Gasteiger partial charge in [0.15, 0.2) is 0 Å². The summed E-state index contributed by atoms with van der Waals surface area (Å²) in [5.41, 5.74) is 0. The van der Waals surface area contributed by atoms with Gasteiger partial charge in [-0.1, -0.05) is 0 Å². The summed E-state index contributed by atoms with van der Waals surface area (Å²) in [6.45, 7) is -0.269. The van der Waals surface area contributed by atoms with Crippen LogP contribution in [0.1, 0.15) is 0 Å². The van der Waals surface area contributed by atoms with Crippen molar-refractivity contribution in [1.82, 2.24) is 0 Å². The first-order valence-electron chi connectivity index (χ1n) is 6.31. The van der Waals surface area contributed by atoms with Crippen LogP contribution in [0.25, 0.3) is 0 Å². The summed E-state index contributed by atoms with van der Waals surface area (Å²) >= 11 is 0. The van der Waals surface area contributed by atoms with Crippen LogP contribution in [0.4, 0.5) is 0 Å². The van der Waals surface area contributed by atoms with Gasteiger partial charge in [-0.3, -0.25) is 8.37 Å². The third-order valence-corrected chi connectivity index (χ3v) is 4.10. The summed E-state index contributed by atoms with van der Waals surface area (Å²) in [7, 11) is -7.51. The molecule has 0 aromatic carbocycles. The van der Waals surface area contributed by atoms with Crippen molar-refractivity contribution in [3.8, 4) is 0 Å². The second kappa shape index (κ2) is 7.05. The number of hydrogen-bond acceptors (Lipinski definition) is 10. The molecular weight excluding hydrogens is 344 g/mol. The lowest BCUT2D eigenvalue weighted by Gasteiger charge is -2.40. The highest BCUT2D eigenvalue weighted by molar-refractivity contribution is 7.86. The molecule has 2 heterocycles. The van der Waals surface area contributed by atoms with E-state index in [0.717, 1.165) is 12.5 Å². The van der Waals surface area contributed by atoms with E-state index in [0.29, 0.717) is 0 Å². The van der Waals surface area contributed by atoms with E-state index in [4.69, 9.17) is 27.3 Å². The monoisotopic (exact) mass is 362 g/mol. The number of ether oxygens (including phenoxy) is 4. The molecule has 2 aliphatic rings. The van der Waals surface area contributed by atoms with Crippen molar-refractivity contribution in [2.75, 3.05) is 39.3 Å². The summed E-state index contributed by atoms with van der Waals surface area (Å²) in [5, 5.41) is 0. The second-order valence-corrected chi connectivity index (χ2v) is 8.12. The van der Waals surface area contributed by atoms with Gasteiger partial charge in [-0.05, 0) is 0 Å². The molecule has 0 aromatic rings. The fourth-order valence-electron chi connectivity index (χ4n) is 2.21.